The van der Waals surface area contributed by atoms with Gasteiger partial charge in [-0.1, -0.05) is 17.7 Å². The molecule has 0 saturated carbocycles. The molecule has 1 saturated heterocycles. The van der Waals surface area contributed by atoms with Gasteiger partial charge in [-0.25, -0.2) is 4.79 Å². The largest absolute Gasteiger partial charge is 0.343 e. The van der Waals surface area contributed by atoms with Gasteiger partial charge in [0.25, 0.3) is 5.56 Å². The number of likely N-dealkylation sites (tertiary alicyclic amines) is 1. The molecule has 0 unspecified atom stereocenters. The summed E-state index contributed by atoms with van der Waals surface area (Å²) in [7, 11) is 0. The molecule has 7 heteroatoms. The molecule has 1 fully saturated rings. The van der Waals surface area contributed by atoms with Crippen LogP contribution in [0.25, 0.3) is 0 Å². The fourth-order valence-electron chi connectivity index (χ4n) is 3.10. The van der Waals surface area contributed by atoms with Crippen molar-refractivity contribution in [3.63, 3.8) is 0 Å². The fourth-order valence-corrected chi connectivity index (χ4v) is 4.34. The third kappa shape index (κ3) is 4.88. The molecule has 0 bridgehead atoms. The van der Waals surface area contributed by atoms with E-state index in [1.54, 1.807) is 0 Å². The number of aromatic amines is 1. The van der Waals surface area contributed by atoms with Crippen molar-refractivity contribution < 1.29 is 4.79 Å². The van der Waals surface area contributed by atoms with E-state index in [9.17, 15) is 14.4 Å². The van der Waals surface area contributed by atoms with Crippen molar-refractivity contribution in [3.05, 3.63) is 62.9 Å². The number of piperidine rings is 1. The number of hydrogen-bond donors (Lipinski definition) is 1. The van der Waals surface area contributed by atoms with Crippen molar-refractivity contribution in [2.24, 2.45) is 0 Å². The number of amides is 1. The summed E-state index contributed by atoms with van der Waals surface area (Å²) in [5.74, 6) is 0.0575. The maximum Gasteiger partial charge on any atom is 0.328 e. The minimum absolute atomic E-state index is 0.0575. The monoisotopic (exact) mass is 373 g/mol. The summed E-state index contributed by atoms with van der Waals surface area (Å²) in [5, 5.41) is 0.530. The summed E-state index contributed by atoms with van der Waals surface area (Å²) < 4.78 is 1.36. The van der Waals surface area contributed by atoms with Gasteiger partial charge >= 0.3 is 5.69 Å². The van der Waals surface area contributed by atoms with Gasteiger partial charge in [0.1, 0.15) is 0 Å². The summed E-state index contributed by atoms with van der Waals surface area (Å²) in [6, 6.07) is 9.80. The van der Waals surface area contributed by atoms with Crippen LogP contribution in [0.3, 0.4) is 0 Å². The van der Waals surface area contributed by atoms with Gasteiger partial charge in [-0.05, 0) is 31.9 Å². The molecule has 0 spiro atoms. The number of nitrogens with zero attached hydrogens (tertiary/aromatic N) is 2. The van der Waals surface area contributed by atoms with Crippen molar-refractivity contribution in [1.82, 2.24) is 14.5 Å². The second-order valence-corrected chi connectivity index (χ2v) is 7.94. The maximum absolute atomic E-state index is 12.4. The van der Waals surface area contributed by atoms with Crippen molar-refractivity contribution in [3.8, 4) is 0 Å². The average Bonchev–Trinajstić information content (AvgIpc) is 2.61. The number of carbonyl (C=O) groups excluding carboxylic acids is 1. The van der Waals surface area contributed by atoms with Crippen molar-refractivity contribution in [2.45, 2.75) is 42.9 Å². The third-order valence-electron chi connectivity index (χ3n) is 4.55. The lowest BCUT2D eigenvalue weighted by Crippen LogP contribution is -2.40. The number of nitrogens with one attached hydrogen (secondary N) is 1. The van der Waals surface area contributed by atoms with E-state index < -0.39 is 11.2 Å². The quantitative estimate of drug-likeness (QED) is 0.870. The fraction of sp³-hybridized carbons (Fsp3) is 0.421. The predicted molar refractivity (Wildman–Crippen MR) is 103 cm³/mol. The molecule has 1 aliphatic rings. The molecule has 1 aromatic heterocycles. The summed E-state index contributed by atoms with van der Waals surface area (Å²) in [5.41, 5.74) is 0.365. The van der Waals surface area contributed by atoms with Gasteiger partial charge in [0.15, 0.2) is 0 Å². The Morgan fingerprint density at radius 1 is 1.23 bits per heavy atom. The molecular weight excluding hydrogens is 350 g/mol. The number of aromatic nitrogens is 2. The van der Waals surface area contributed by atoms with Crippen LogP contribution in [0.4, 0.5) is 0 Å². The lowest BCUT2D eigenvalue weighted by atomic mass is 10.1. The van der Waals surface area contributed by atoms with Crippen molar-refractivity contribution in [2.75, 3.05) is 13.1 Å². The minimum Gasteiger partial charge on any atom is -0.343 e. The van der Waals surface area contributed by atoms with Gasteiger partial charge in [-0.2, -0.15) is 0 Å². The highest BCUT2D eigenvalue weighted by Gasteiger charge is 2.23. The summed E-state index contributed by atoms with van der Waals surface area (Å²) in [4.78, 5) is 40.5. The molecule has 1 aliphatic heterocycles. The Bertz CT molecular complexity index is 882. The molecule has 3 rings (SSSR count). The molecule has 1 N–H and O–H groups in total. The van der Waals surface area contributed by atoms with Gasteiger partial charge in [-0.15, -0.1) is 11.8 Å². The second kappa shape index (κ2) is 8.40. The van der Waals surface area contributed by atoms with Crippen molar-refractivity contribution >= 4 is 17.7 Å². The van der Waals surface area contributed by atoms with Crippen LogP contribution < -0.4 is 11.2 Å². The zero-order chi connectivity index (χ0) is 18.5. The van der Waals surface area contributed by atoms with Crippen LogP contribution in [0, 0.1) is 6.92 Å². The summed E-state index contributed by atoms with van der Waals surface area (Å²) >= 11 is 1.89. The van der Waals surface area contributed by atoms with Crippen LogP contribution in [0.1, 0.15) is 24.8 Å². The van der Waals surface area contributed by atoms with Gasteiger partial charge in [0.05, 0.1) is 0 Å². The SMILES string of the molecule is Cc1cccc(SC2CCN(C(=O)CCn3ccc(=O)[nH]c3=O)CC2)c1. The van der Waals surface area contributed by atoms with Crippen LogP contribution in [-0.2, 0) is 11.3 Å². The average molecular weight is 373 g/mol. The Labute approximate surface area is 156 Å². The van der Waals surface area contributed by atoms with E-state index in [4.69, 9.17) is 0 Å². The van der Waals surface area contributed by atoms with E-state index in [0.717, 1.165) is 25.9 Å². The van der Waals surface area contributed by atoms with Gasteiger partial charge < -0.3 is 9.47 Å². The molecule has 0 aliphatic carbocycles. The molecular formula is C19H23N3O3S. The highest BCUT2D eigenvalue weighted by Crippen LogP contribution is 2.30. The number of thioether (sulfide) groups is 1. The van der Waals surface area contributed by atoms with E-state index in [2.05, 4.69) is 36.2 Å². The first kappa shape index (κ1) is 18.5. The number of aryl methyl sites for hydroxylation is 2. The van der Waals surface area contributed by atoms with E-state index in [0.29, 0.717) is 5.25 Å². The maximum atomic E-state index is 12.4. The molecule has 26 heavy (non-hydrogen) atoms. The van der Waals surface area contributed by atoms with E-state index >= 15 is 0 Å². The molecule has 6 nitrogen and oxygen atoms in total. The molecule has 1 amide bonds. The van der Waals surface area contributed by atoms with Gasteiger partial charge in [0, 0.05) is 48.5 Å². The zero-order valence-electron chi connectivity index (χ0n) is 14.8. The van der Waals surface area contributed by atoms with Crippen LogP contribution in [0.2, 0.25) is 0 Å². The first-order valence-electron chi connectivity index (χ1n) is 8.82. The number of rotatable bonds is 5. The Balaban J connectivity index is 1.47. The minimum atomic E-state index is -0.474. The molecule has 2 heterocycles. The van der Waals surface area contributed by atoms with Gasteiger partial charge in [-0.3, -0.25) is 14.6 Å². The molecule has 138 valence electrons. The van der Waals surface area contributed by atoms with Crippen LogP contribution in [0.5, 0.6) is 0 Å². The normalized spacial score (nSPS) is 15.2. The molecule has 0 atom stereocenters. The zero-order valence-corrected chi connectivity index (χ0v) is 15.6. The Kier molecular flexibility index (Phi) is 5.98. The highest BCUT2D eigenvalue weighted by molar-refractivity contribution is 8.00. The van der Waals surface area contributed by atoms with Crippen LogP contribution >= 0.6 is 11.8 Å². The lowest BCUT2D eigenvalue weighted by Gasteiger charge is -2.32. The van der Waals surface area contributed by atoms with Crippen LogP contribution in [-0.4, -0.2) is 38.7 Å². The molecule has 0 radical (unpaired) electrons. The van der Waals surface area contributed by atoms with E-state index in [1.165, 1.54) is 27.3 Å². The summed E-state index contributed by atoms with van der Waals surface area (Å²) in [6.45, 7) is 3.89. The Morgan fingerprint density at radius 2 is 2.00 bits per heavy atom. The first-order chi connectivity index (χ1) is 12.5. The number of H-pyrrole nitrogens is 1. The first-order valence-corrected chi connectivity index (χ1v) is 9.70. The van der Waals surface area contributed by atoms with Crippen LogP contribution in [0.15, 0.2) is 51.0 Å². The lowest BCUT2D eigenvalue weighted by molar-refractivity contribution is -0.132. The smallest absolute Gasteiger partial charge is 0.328 e. The Hall–Kier alpha value is -2.28. The van der Waals surface area contributed by atoms with E-state index in [1.807, 2.05) is 16.7 Å². The van der Waals surface area contributed by atoms with Crippen molar-refractivity contribution in [1.29, 1.82) is 0 Å². The molecule has 1 aromatic carbocycles. The van der Waals surface area contributed by atoms with Gasteiger partial charge in [0.2, 0.25) is 5.91 Å². The number of hydrogen-bond acceptors (Lipinski definition) is 4. The standard InChI is InChI=1S/C19H23N3O3S/c1-14-3-2-4-16(13-14)26-15-5-9-21(10-6-15)18(24)8-12-22-11-7-17(23)20-19(22)25/h2-4,7,11,13,15H,5-6,8-10,12H2,1H3,(H,20,23,25). The third-order valence-corrected chi connectivity index (χ3v) is 5.88. The summed E-state index contributed by atoms with van der Waals surface area (Å²) in [6.07, 6.45) is 3.65. The highest BCUT2D eigenvalue weighted by atomic mass is 32.2. The topological polar surface area (TPSA) is 75.2 Å². The second-order valence-electron chi connectivity index (χ2n) is 6.57. The Morgan fingerprint density at radius 3 is 2.69 bits per heavy atom. The molecule has 2 aromatic rings. The van der Waals surface area contributed by atoms with E-state index in [-0.39, 0.29) is 18.9 Å². The predicted octanol–water partition coefficient (Wildman–Crippen LogP) is 2.02. The number of benzene rings is 1. The number of carbonyl (C=O) groups is 1.